The fraction of sp³-hybridized carbons (Fsp3) is 0.318. The van der Waals surface area contributed by atoms with Gasteiger partial charge in [0.15, 0.2) is 0 Å². The summed E-state index contributed by atoms with van der Waals surface area (Å²) < 4.78 is 24.0. The molecule has 0 aliphatic carbocycles. The molecule has 0 radical (unpaired) electrons. The van der Waals surface area contributed by atoms with Crippen molar-refractivity contribution < 1.29 is 18.7 Å². The summed E-state index contributed by atoms with van der Waals surface area (Å²) in [4.78, 5) is 14.3. The first-order valence-corrected chi connectivity index (χ1v) is 9.42. The number of ether oxygens (including phenoxy) is 2. The first-order valence-electron chi connectivity index (χ1n) is 9.42. The number of carbonyl (C=O) groups excluding carboxylic acids is 1. The maximum Gasteiger partial charge on any atom is 0.244 e. The van der Waals surface area contributed by atoms with Crippen LogP contribution in [0.1, 0.15) is 11.1 Å². The standard InChI is InChI=1S/C22H25FN2O3/c23-20-7-4-18(5-8-20)6-9-22(26)24-17-19-2-1-3-21(16-19)28-15-12-25-10-13-27-14-11-25/h1-9,16H,10-15,17H2,(H,24,26). The highest BCUT2D eigenvalue weighted by atomic mass is 19.1. The van der Waals surface area contributed by atoms with Gasteiger partial charge < -0.3 is 14.8 Å². The molecular formula is C22H25FN2O3. The van der Waals surface area contributed by atoms with Crippen LogP contribution in [0.2, 0.25) is 0 Å². The van der Waals surface area contributed by atoms with Crippen LogP contribution in [-0.4, -0.2) is 50.3 Å². The van der Waals surface area contributed by atoms with Gasteiger partial charge in [-0.3, -0.25) is 9.69 Å². The average molecular weight is 384 g/mol. The van der Waals surface area contributed by atoms with Crippen LogP contribution < -0.4 is 10.1 Å². The summed E-state index contributed by atoms with van der Waals surface area (Å²) in [5, 5.41) is 2.84. The number of hydrogen-bond donors (Lipinski definition) is 1. The van der Waals surface area contributed by atoms with Crippen LogP contribution in [0.25, 0.3) is 6.08 Å². The zero-order valence-corrected chi connectivity index (χ0v) is 15.8. The normalized spacial score (nSPS) is 14.9. The third-order valence-electron chi connectivity index (χ3n) is 4.44. The highest BCUT2D eigenvalue weighted by Gasteiger charge is 2.09. The molecule has 1 fully saturated rings. The van der Waals surface area contributed by atoms with E-state index in [4.69, 9.17) is 9.47 Å². The molecule has 5 nitrogen and oxygen atoms in total. The van der Waals surface area contributed by atoms with Gasteiger partial charge in [0.05, 0.1) is 13.2 Å². The molecule has 28 heavy (non-hydrogen) atoms. The minimum Gasteiger partial charge on any atom is -0.492 e. The van der Waals surface area contributed by atoms with E-state index in [0.717, 1.165) is 49.7 Å². The van der Waals surface area contributed by atoms with Crippen LogP contribution >= 0.6 is 0 Å². The summed E-state index contributed by atoms with van der Waals surface area (Å²) in [6, 6.07) is 13.7. The van der Waals surface area contributed by atoms with Crippen LogP contribution in [0.5, 0.6) is 5.75 Å². The molecule has 1 saturated heterocycles. The van der Waals surface area contributed by atoms with Gasteiger partial charge in [-0.05, 0) is 41.5 Å². The Morgan fingerprint density at radius 1 is 1.18 bits per heavy atom. The number of benzene rings is 2. The summed E-state index contributed by atoms with van der Waals surface area (Å²) in [5.41, 5.74) is 1.74. The molecule has 2 aromatic carbocycles. The molecule has 1 heterocycles. The predicted molar refractivity (Wildman–Crippen MR) is 106 cm³/mol. The Kier molecular flexibility index (Phi) is 7.58. The second-order valence-corrected chi connectivity index (χ2v) is 6.55. The van der Waals surface area contributed by atoms with Crippen molar-refractivity contribution in [2.24, 2.45) is 0 Å². The van der Waals surface area contributed by atoms with Crippen LogP contribution in [0.4, 0.5) is 4.39 Å². The minimum absolute atomic E-state index is 0.206. The Labute approximate surface area is 164 Å². The summed E-state index contributed by atoms with van der Waals surface area (Å²) in [7, 11) is 0. The minimum atomic E-state index is -0.298. The van der Waals surface area contributed by atoms with Gasteiger partial charge in [-0.2, -0.15) is 0 Å². The second kappa shape index (κ2) is 10.6. The molecule has 148 valence electrons. The lowest BCUT2D eigenvalue weighted by molar-refractivity contribution is -0.116. The fourth-order valence-electron chi connectivity index (χ4n) is 2.86. The maximum absolute atomic E-state index is 12.9. The number of amides is 1. The average Bonchev–Trinajstić information content (AvgIpc) is 2.73. The largest absolute Gasteiger partial charge is 0.492 e. The molecule has 1 amide bonds. The lowest BCUT2D eigenvalue weighted by Gasteiger charge is -2.26. The molecule has 1 aliphatic heterocycles. The number of nitrogens with one attached hydrogen (secondary N) is 1. The molecular weight excluding hydrogens is 359 g/mol. The first kappa shape index (κ1) is 20.0. The van der Waals surface area contributed by atoms with E-state index in [1.807, 2.05) is 24.3 Å². The summed E-state index contributed by atoms with van der Waals surface area (Å²) in [6.45, 7) is 5.36. The molecule has 3 rings (SSSR count). The second-order valence-electron chi connectivity index (χ2n) is 6.55. The fourth-order valence-corrected chi connectivity index (χ4v) is 2.86. The smallest absolute Gasteiger partial charge is 0.244 e. The van der Waals surface area contributed by atoms with Crippen LogP contribution in [0.15, 0.2) is 54.6 Å². The van der Waals surface area contributed by atoms with Gasteiger partial charge in [0.25, 0.3) is 0 Å². The lowest BCUT2D eigenvalue weighted by atomic mass is 10.2. The van der Waals surface area contributed by atoms with Crippen LogP contribution in [-0.2, 0) is 16.1 Å². The predicted octanol–water partition coefficient (Wildman–Crippen LogP) is 2.87. The molecule has 1 aliphatic rings. The Hall–Kier alpha value is -2.70. The van der Waals surface area contributed by atoms with Crippen LogP contribution in [0, 0.1) is 5.82 Å². The number of nitrogens with zero attached hydrogens (tertiary/aromatic N) is 1. The van der Waals surface area contributed by atoms with E-state index < -0.39 is 0 Å². The number of carbonyl (C=O) groups is 1. The van der Waals surface area contributed by atoms with E-state index in [0.29, 0.717) is 13.2 Å². The molecule has 1 N–H and O–H groups in total. The van der Waals surface area contributed by atoms with E-state index in [2.05, 4.69) is 10.2 Å². The van der Waals surface area contributed by atoms with Gasteiger partial charge in [0.1, 0.15) is 18.2 Å². The van der Waals surface area contributed by atoms with Crippen LogP contribution in [0.3, 0.4) is 0 Å². The molecule has 0 bridgehead atoms. The number of rotatable bonds is 8. The summed E-state index contributed by atoms with van der Waals surface area (Å²) >= 11 is 0. The van der Waals surface area contributed by atoms with Crippen molar-refractivity contribution in [3.63, 3.8) is 0 Å². The Bertz CT molecular complexity index is 787. The molecule has 2 aromatic rings. The Morgan fingerprint density at radius 2 is 1.96 bits per heavy atom. The van der Waals surface area contributed by atoms with Gasteiger partial charge in [-0.15, -0.1) is 0 Å². The molecule has 6 heteroatoms. The van der Waals surface area contributed by atoms with Gasteiger partial charge in [0, 0.05) is 32.3 Å². The molecule has 0 saturated carbocycles. The highest BCUT2D eigenvalue weighted by molar-refractivity contribution is 5.91. The van der Waals surface area contributed by atoms with Crippen molar-refractivity contribution in [1.82, 2.24) is 10.2 Å². The third-order valence-corrected chi connectivity index (χ3v) is 4.44. The third kappa shape index (κ3) is 6.79. The van der Waals surface area contributed by atoms with Gasteiger partial charge in [-0.1, -0.05) is 24.3 Å². The topological polar surface area (TPSA) is 50.8 Å². The molecule has 0 unspecified atom stereocenters. The van der Waals surface area contributed by atoms with Gasteiger partial charge >= 0.3 is 0 Å². The van der Waals surface area contributed by atoms with E-state index in [9.17, 15) is 9.18 Å². The number of morpholine rings is 1. The van der Waals surface area contributed by atoms with Crippen molar-refractivity contribution in [3.8, 4) is 5.75 Å². The lowest BCUT2D eigenvalue weighted by Crippen LogP contribution is -2.38. The molecule has 0 atom stereocenters. The SMILES string of the molecule is O=C(C=Cc1ccc(F)cc1)NCc1cccc(OCCN2CCOCC2)c1. The number of halogens is 1. The summed E-state index contributed by atoms with van der Waals surface area (Å²) in [6.07, 6.45) is 3.09. The first-order chi connectivity index (χ1) is 13.7. The molecule has 0 aromatic heterocycles. The molecule has 0 spiro atoms. The zero-order valence-electron chi connectivity index (χ0n) is 15.8. The van der Waals surface area contributed by atoms with Crippen molar-refractivity contribution in [2.75, 3.05) is 39.5 Å². The Balaban J connectivity index is 1.42. The van der Waals surface area contributed by atoms with Crippen molar-refractivity contribution >= 4 is 12.0 Å². The van der Waals surface area contributed by atoms with Crippen molar-refractivity contribution in [3.05, 3.63) is 71.6 Å². The van der Waals surface area contributed by atoms with E-state index in [1.165, 1.54) is 18.2 Å². The van der Waals surface area contributed by atoms with E-state index in [-0.39, 0.29) is 11.7 Å². The Morgan fingerprint density at radius 3 is 2.75 bits per heavy atom. The summed E-state index contributed by atoms with van der Waals surface area (Å²) in [5.74, 6) is 0.290. The van der Waals surface area contributed by atoms with Gasteiger partial charge in [0.2, 0.25) is 5.91 Å². The monoisotopic (exact) mass is 384 g/mol. The van der Waals surface area contributed by atoms with Gasteiger partial charge in [-0.25, -0.2) is 4.39 Å². The quantitative estimate of drug-likeness (QED) is 0.711. The maximum atomic E-state index is 12.9. The number of hydrogen-bond acceptors (Lipinski definition) is 4. The van der Waals surface area contributed by atoms with E-state index in [1.54, 1.807) is 18.2 Å². The van der Waals surface area contributed by atoms with Crippen molar-refractivity contribution in [2.45, 2.75) is 6.54 Å². The van der Waals surface area contributed by atoms with Crippen molar-refractivity contribution in [1.29, 1.82) is 0 Å². The van der Waals surface area contributed by atoms with E-state index >= 15 is 0 Å². The zero-order chi connectivity index (χ0) is 19.6. The highest BCUT2D eigenvalue weighted by Crippen LogP contribution is 2.13.